The van der Waals surface area contributed by atoms with Gasteiger partial charge in [0.1, 0.15) is 0 Å². The van der Waals surface area contributed by atoms with Gasteiger partial charge in [0.2, 0.25) is 0 Å². The van der Waals surface area contributed by atoms with Crippen molar-refractivity contribution in [1.29, 1.82) is 0 Å². The highest BCUT2D eigenvalue weighted by molar-refractivity contribution is 5.74. The first-order chi connectivity index (χ1) is 8.84. The first-order valence-corrected chi connectivity index (χ1v) is 6.35. The van der Waals surface area contributed by atoms with Gasteiger partial charge in [-0.25, -0.2) is 0 Å². The zero-order chi connectivity index (χ0) is 12.4. The number of hydrogen-bond acceptors (Lipinski definition) is 1. The second-order valence-electron chi connectivity index (χ2n) is 4.75. The Balaban J connectivity index is 1.99. The van der Waals surface area contributed by atoms with Crippen LogP contribution < -0.4 is 0 Å². The first-order valence-electron chi connectivity index (χ1n) is 6.35. The average molecular weight is 236 g/mol. The molecule has 2 aromatic rings. The summed E-state index contributed by atoms with van der Waals surface area (Å²) in [7, 11) is 0. The molecule has 0 fully saturated rings. The largest absolute Gasteiger partial charge is 0.389 e. The predicted octanol–water partition coefficient (Wildman–Crippen LogP) is 3.62. The summed E-state index contributed by atoms with van der Waals surface area (Å²) in [6, 6.07) is 20.8. The molecule has 2 atom stereocenters. The number of benzene rings is 2. The lowest BCUT2D eigenvalue weighted by molar-refractivity contribution is 0.218. The van der Waals surface area contributed by atoms with Crippen LogP contribution >= 0.6 is 0 Å². The van der Waals surface area contributed by atoms with E-state index in [1.807, 2.05) is 30.3 Å². The Bertz CT molecular complexity index is 542. The van der Waals surface area contributed by atoms with E-state index in [0.29, 0.717) is 5.92 Å². The van der Waals surface area contributed by atoms with E-state index in [0.717, 1.165) is 6.42 Å². The molecule has 1 aliphatic carbocycles. The maximum absolute atomic E-state index is 9.92. The molecule has 2 aromatic carbocycles. The van der Waals surface area contributed by atoms with Gasteiger partial charge in [0.05, 0.1) is 6.10 Å². The molecule has 0 saturated carbocycles. The molecule has 1 aliphatic rings. The quantitative estimate of drug-likeness (QED) is 0.844. The van der Waals surface area contributed by atoms with Crippen LogP contribution in [0.2, 0.25) is 0 Å². The van der Waals surface area contributed by atoms with Gasteiger partial charge >= 0.3 is 0 Å². The summed E-state index contributed by atoms with van der Waals surface area (Å²) in [6.45, 7) is 0. The van der Waals surface area contributed by atoms with Crippen molar-refractivity contribution in [3.8, 4) is 0 Å². The van der Waals surface area contributed by atoms with Gasteiger partial charge in [-0.05, 0) is 23.1 Å². The third-order valence-electron chi connectivity index (χ3n) is 3.53. The Hall–Kier alpha value is -1.86. The van der Waals surface area contributed by atoms with Crippen LogP contribution in [0.4, 0.5) is 0 Å². The number of hydrogen-bond donors (Lipinski definition) is 1. The van der Waals surface area contributed by atoms with Crippen LogP contribution in [0.25, 0.3) is 5.57 Å². The van der Waals surface area contributed by atoms with E-state index < -0.39 is 0 Å². The summed E-state index contributed by atoms with van der Waals surface area (Å²) >= 11 is 0. The third-order valence-corrected chi connectivity index (χ3v) is 3.53. The maximum atomic E-state index is 9.92. The van der Waals surface area contributed by atoms with Gasteiger partial charge in [-0.15, -0.1) is 0 Å². The standard InChI is InChI=1S/C17H16O/c18-15-11-16(13-7-3-1-4-8-13)17(12-15)14-9-5-2-6-10-14/h1-11,15,17-18H,12H2/t15-,17+/m0/s1. The molecule has 1 heteroatoms. The summed E-state index contributed by atoms with van der Waals surface area (Å²) in [6.07, 6.45) is 2.45. The molecular formula is C17H16O. The topological polar surface area (TPSA) is 20.2 Å². The van der Waals surface area contributed by atoms with Crippen LogP contribution in [0.5, 0.6) is 0 Å². The molecule has 0 aromatic heterocycles. The lowest BCUT2D eigenvalue weighted by atomic mass is 9.88. The molecular weight excluding hydrogens is 220 g/mol. The summed E-state index contributed by atoms with van der Waals surface area (Å²) in [5.74, 6) is 0.309. The maximum Gasteiger partial charge on any atom is 0.0736 e. The molecule has 0 unspecified atom stereocenters. The van der Waals surface area contributed by atoms with Crippen LogP contribution in [0.1, 0.15) is 23.5 Å². The van der Waals surface area contributed by atoms with E-state index in [4.69, 9.17) is 0 Å². The van der Waals surface area contributed by atoms with Gasteiger partial charge in [-0.3, -0.25) is 0 Å². The molecule has 1 nitrogen and oxygen atoms in total. The van der Waals surface area contributed by atoms with Crippen molar-refractivity contribution in [2.75, 3.05) is 0 Å². The molecule has 3 rings (SSSR count). The van der Waals surface area contributed by atoms with E-state index in [9.17, 15) is 5.11 Å². The van der Waals surface area contributed by atoms with Crippen LogP contribution in [-0.4, -0.2) is 11.2 Å². The zero-order valence-electron chi connectivity index (χ0n) is 10.2. The normalized spacial score (nSPS) is 22.8. The minimum atomic E-state index is -0.328. The highest BCUT2D eigenvalue weighted by atomic mass is 16.3. The highest BCUT2D eigenvalue weighted by Crippen LogP contribution is 2.40. The number of aliphatic hydroxyl groups excluding tert-OH is 1. The van der Waals surface area contributed by atoms with Crippen molar-refractivity contribution in [3.63, 3.8) is 0 Å². The van der Waals surface area contributed by atoms with Crippen LogP contribution in [0.3, 0.4) is 0 Å². The summed E-state index contributed by atoms with van der Waals surface area (Å²) in [5, 5.41) is 9.92. The van der Waals surface area contributed by atoms with E-state index in [2.05, 4.69) is 36.4 Å². The monoisotopic (exact) mass is 236 g/mol. The van der Waals surface area contributed by atoms with E-state index in [1.165, 1.54) is 16.7 Å². The van der Waals surface area contributed by atoms with Crippen LogP contribution in [0, 0.1) is 0 Å². The van der Waals surface area contributed by atoms with Gasteiger partial charge in [-0.2, -0.15) is 0 Å². The van der Waals surface area contributed by atoms with Crippen LogP contribution in [0.15, 0.2) is 66.7 Å². The lowest BCUT2D eigenvalue weighted by Gasteiger charge is -2.15. The van der Waals surface area contributed by atoms with Gasteiger partial charge in [0, 0.05) is 5.92 Å². The summed E-state index contributed by atoms with van der Waals surface area (Å²) in [4.78, 5) is 0. The summed E-state index contributed by atoms with van der Waals surface area (Å²) < 4.78 is 0. The van der Waals surface area contributed by atoms with Crippen LogP contribution in [-0.2, 0) is 0 Å². The minimum absolute atomic E-state index is 0.309. The smallest absolute Gasteiger partial charge is 0.0736 e. The summed E-state index contributed by atoms with van der Waals surface area (Å²) in [5.41, 5.74) is 3.74. The molecule has 0 bridgehead atoms. The second-order valence-corrected chi connectivity index (χ2v) is 4.75. The molecule has 0 amide bonds. The van der Waals surface area contributed by atoms with Crippen molar-refractivity contribution in [1.82, 2.24) is 0 Å². The van der Waals surface area contributed by atoms with Crippen molar-refractivity contribution in [3.05, 3.63) is 77.9 Å². The van der Waals surface area contributed by atoms with Crippen molar-refractivity contribution in [2.24, 2.45) is 0 Å². The molecule has 0 saturated heterocycles. The van der Waals surface area contributed by atoms with E-state index in [-0.39, 0.29) is 6.10 Å². The Kier molecular flexibility index (Phi) is 2.99. The van der Waals surface area contributed by atoms with Gasteiger partial charge in [0.25, 0.3) is 0 Å². The fourth-order valence-electron chi connectivity index (χ4n) is 2.69. The van der Waals surface area contributed by atoms with Crippen molar-refractivity contribution < 1.29 is 5.11 Å². The van der Waals surface area contributed by atoms with Gasteiger partial charge < -0.3 is 5.11 Å². The second kappa shape index (κ2) is 4.79. The SMILES string of the molecule is O[C@H]1C=C(c2ccccc2)[C@@H](c2ccccc2)C1. The van der Waals surface area contributed by atoms with E-state index >= 15 is 0 Å². The average Bonchev–Trinajstić information content (AvgIpc) is 2.83. The number of allylic oxidation sites excluding steroid dienone is 1. The number of rotatable bonds is 2. The Labute approximate surface area is 107 Å². The predicted molar refractivity (Wildman–Crippen MR) is 74.2 cm³/mol. The first kappa shape index (κ1) is 11.2. The van der Waals surface area contributed by atoms with E-state index in [1.54, 1.807) is 0 Å². The molecule has 90 valence electrons. The molecule has 0 heterocycles. The molecule has 18 heavy (non-hydrogen) atoms. The molecule has 0 aliphatic heterocycles. The Morgan fingerprint density at radius 1 is 0.833 bits per heavy atom. The minimum Gasteiger partial charge on any atom is -0.389 e. The zero-order valence-corrected chi connectivity index (χ0v) is 10.2. The fraction of sp³-hybridized carbons (Fsp3) is 0.176. The highest BCUT2D eigenvalue weighted by Gasteiger charge is 2.27. The Morgan fingerprint density at radius 3 is 2.11 bits per heavy atom. The van der Waals surface area contributed by atoms with Gasteiger partial charge in [0.15, 0.2) is 0 Å². The molecule has 0 radical (unpaired) electrons. The molecule has 0 spiro atoms. The van der Waals surface area contributed by atoms with Gasteiger partial charge in [-0.1, -0.05) is 66.7 Å². The Morgan fingerprint density at radius 2 is 1.44 bits per heavy atom. The molecule has 1 N–H and O–H groups in total. The van der Waals surface area contributed by atoms with Crippen molar-refractivity contribution >= 4 is 5.57 Å². The lowest BCUT2D eigenvalue weighted by Crippen LogP contribution is -2.02. The van der Waals surface area contributed by atoms with Crippen molar-refractivity contribution in [2.45, 2.75) is 18.4 Å². The number of aliphatic hydroxyl groups is 1. The third kappa shape index (κ3) is 2.09. The fourth-order valence-corrected chi connectivity index (χ4v) is 2.69.